The number of rotatable bonds is 5. The second kappa shape index (κ2) is 6.27. The Morgan fingerprint density at radius 2 is 2.40 bits per heavy atom. The Kier molecular flexibility index (Phi) is 5.74. The summed E-state index contributed by atoms with van der Waals surface area (Å²) < 4.78 is 0. The van der Waals surface area contributed by atoms with E-state index in [0.717, 1.165) is 12.8 Å². The zero-order chi connectivity index (χ0) is 7.82. The van der Waals surface area contributed by atoms with E-state index in [1.54, 1.807) is 6.08 Å². The third-order valence-electron chi connectivity index (χ3n) is 1.35. The normalized spacial score (nSPS) is 13.3. The van der Waals surface area contributed by atoms with Crippen molar-refractivity contribution in [3.63, 3.8) is 0 Å². The van der Waals surface area contributed by atoms with E-state index in [4.69, 9.17) is 0 Å². The molecule has 0 bridgehead atoms. The molecule has 1 unspecified atom stereocenters. The van der Waals surface area contributed by atoms with Gasteiger partial charge in [0.2, 0.25) is 6.29 Å². The first-order chi connectivity index (χ1) is 4.85. The van der Waals surface area contributed by atoms with Crippen LogP contribution in [0.5, 0.6) is 0 Å². The van der Waals surface area contributed by atoms with Crippen LogP contribution in [0.25, 0.3) is 0 Å². The van der Waals surface area contributed by atoms with Crippen LogP contribution < -0.4 is 0 Å². The molecule has 1 heteroatoms. The van der Waals surface area contributed by atoms with Crippen molar-refractivity contribution in [1.29, 1.82) is 0 Å². The Labute approximate surface area is 62.4 Å². The van der Waals surface area contributed by atoms with E-state index in [1.165, 1.54) is 0 Å². The summed E-state index contributed by atoms with van der Waals surface area (Å²) in [5.41, 5.74) is 0. The minimum atomic E-state index is 0.0659. The molecule has 0 spiro atoms. The summed E-state index contributed by atoms with van der Waals surface area (Å²) in [6.07, 6.45) is 9.11. The molecule has 0 saturated heterocycles. The Morgan fingerprint density at radius 3 is 2.80 bits per heavy atom. The van der Waals surface area contributed by atoms with Gasteiger partial charge in [-0.1, -0.05) is 31.7 Å². The largest absolute Gasteiger partial charge is 0.291 e. The quantitative estimate of drug-likeness (QED) is 0.531. The van der Waals surface area contributed by atoms with Crippen LogP contribution in [0.15, 0.2) is 24.8 Å². The molecular weight excluding hydrogens is 124 g/mol. The lowest BCUT2D eigenvalue weighted by Gasteiger charge is -1.98. The average Bonchev–Trinajstić information content (AvgIpc) is 1.99. The van der Waals surface area contributed by atoms with Crippen LogP contribution in [0.3, 0.4) is 0 Å². The monoisotopic (exact) mass is 137 g/mol. The molecule has 1 nitrogen and oxygen atoms in total. The van der Waals surface area contributed by atoms with Crippen LogP contribution in [0.4, 0.5) is 0 Å². The summed E-state index contributed by atoms with van der Waals surface area (Å²) in [6.45, 7) is 5.51. The summed E-state index contributed by atoms with van der Waals surface area (Å²) in [6, 6.07) is 0. The molecule has 0 saturated carbocycles. The molecule has 0 aromatic heterocycles. The molecule has 0 fully saturated rings. The summed E-state index contributed by atoms with van der Waals surface area (Å²) in [5.74, 6) is 0.0659. The van der Waals surface area contributed by atoms with Crippen LogP contribution in [-0.2, 0) is 4.79 Å². The van der Waals surface area contributed by atoms with Gasteiger partial charge in [0, 0.05) is 5.92 Å². The molecule has 0 aliphatic rings. The van der Waals surface area contributed by atoms with E-state index >= 15 is 0 Å². The maximum absolute atomic E-state index is 10.1. The first-order valence-electron chi connectivity index (χ1n) is 3.50. The zero-order valence-electron chi connectivity index (χ0n) is 6.34. The van der Waals surface area contributed by atoms with Gasteiger partial charge in [-0.05, 0) is 12.8 Å². The number of hydrogen-bond acceptors (Lipinski definition) is 1. The van der Waals surface area contributed by atoms with Crippen LogP contribution in [0.1, 0.15) is 19.8 Å². The SMILES string of the molecule is C=CC=CCC([C]=O)CC. The number of allylic oxidation sites excluding steroid dienone is 3. The minimum Gasteiger partial charge on any atom is -0.291 e. The van der Waals surface area contributed by atoms with Crippen LogP contribution in [0.2, 0.25) is 0 Å². The van der Waals surface area contributed by atoms with Gasteiger partial charge in [-0.15, -0.1) is 0 Å². The van der Waals surface area contributed by atoms with E-state index in [2.05, 4.69) is 6.58 Å². The molecule has 0 amide bonds. The van der Waals surface area contributed by atoms with Crippen molar-refractivity contribution in [3.8, 4) is 0 Å². The lowest BCUT2D eigenvalue weighted by Crippen LogP contribution is -1.96. The molecule has 0 rings (SSSR count). The van der Waals surface area contributed by atoms with Crippen molar-refractivity contribution in [2.45, 2.75) is 19.8 Å². The van der Waals surface area contributed by atoms with Crippen LogP contribution in [-0.4, -0.2) is 6.29 Å². The average molecular weight is 137 g/mol. The Hall–Kier alpha value is -0.850. The second-order valence-electron chi connectivity index (χ2n) is 2.12. The maximum Gasteiger partial charge on any atom is 0.202 e. The van der Waals surface area contributed by atoms with Gasteiger partial charge in [-0.2, -0.15) is 0 Å². The summed E-state index contributed by atoms with van der Waals surface area (Å²) in [7, 11) is 0. The molecular formula is C9H13O. The Morgan fingerprint density at radius 1 is 1.70 bits per heavy atom. The van der Waals surface area contributed by atoms with Gasteiger partial charge < -0.3 is 0 Å². The summed E-state index contributed by atoms with van der Waals surface area (Å²) in [4.78, 5) is 10.1. The fourth-order valence-corrected chi connectivity index (χ4v) is 0.637. The van der Waals surface area contributed by atoms with E-state index in [0.29, 0.717) is 0 Å². The highest BCUT2D eigenvalue weighted by molar-refractivity contribution is 5.54. The molecule has 0 N–H and O–H groups in total. The second-order valence-corrected chi connectivity index (χ2v) is 2.12. The lowest BCUT2D eigenvalue weighted by atomic mass is 10.0. The first-order valence-corrected chi connectivity index (χ1v) is 3.50. The molecule has 1 atom stereocenters. The maximum atomic E-state index is 10.1. The van der Waals surface area contributed by atoms with Gasteiger partial charge >= 0.3 is 0 Å². The highest BCUT2D eigenvalue weighted by atomic mass is 16.1. The third-order valence-corrected chi connectivity index (χ3v) is 1.35. The van der Waals surface area contributed by atoms with Gasteiger partial charge in [0.15, 0.2) is 0 Å². The highest BCUT2D eigenvalue weighted by Gasteiger charge is 2.00. The van der Waals surface area contributed by atoms with Crippen molar-refractivity contribution in [2.24, 2.45) is 5.92 Å². The van der Waals surface area contributed by atoms with Crippen molar-refractivity contribution in [3.05, 3.63) is 24.8 Å². The van der Waals surface area contributed by atoms with Gasteiger partial charge in [-0.25, -0.2) is 0 Å². The van der Waals surface area contributed by atoms with Crippen LogP contribution >= 0.6 is 0 Å². The van der Waals surface area contributed by atoms with Gasteiger partial charge in [0.25, 0.3) is 0 Å². The number of hydrogen-bond donors (Lipinski definition) is 0. The molecule has 0 aliphatic heterocycles. The van der Waals surface area contributed by atoms with E-state index in [1.807, 2.05) is 25.4 Å². The minimum absolute atomic E-state index is 0.0659. The lowest BCUT2D eigenvalue weighted by molar-refractivity contribution is 0.515. The van der Waals surface area contributed by atoms with Crippen molar-refractivity contribution in [2.75, 3.05) is 0 Å². The van der Waals surface area contributed by atoms with Gasteiger partial charge in [0.05, 0.1) is 0 Å². The summed E-state index contributed by atoms with van der Waals surface area (Å²) in [5, 5.41) is 0. The predicted octanol–water partition coefficient (Wildman–Crippen LogP) is 2.25. The molecule has 0 aromatic carbocycles. The molecule has 0 aliphatic carbocycles. The molecule has 10 heavy (non-hydrogen) atoms. The molecule has 0 heterocycles. The fourth-order valence-electron chi connectivity index (χ4n) is 0.637. The topological polar surface area (TPSA) is 17.1 Å². The zero-order valence-corrected chi connectivity index (χ0v) is 6.34. The first kappa shape index (κ1) is 9.15. The standard InChI is InChI=1S/C9H13O/c1-3-5-6-7-9(4-2)8-10/h3,5-6,9H,1,4,7H2,2H3. The van der Waals surface area contributed by atoms with Crippen LogP contribution in [0, 0.1) is 5.92 Å². The smallest absolute Gasteiger partial charge is 0.202 e. The molecule has 0 aromatic rings. The Balaban J connectivity index is 3.52. The highest BCUT2D eigenvalue weighted by Crippen LogP contribution is 2.04. The molecule has 55 valence electrons. The van der Waals surface area contributed by atoms with E-state index in [-0.39, 0.29) is 5.92 Å². The van der Waals surface area contributed by atoms with E-state index in [9.17, 15) is 4.79 Å². The summed E-state index contributed by atoms with van der Waals surface area (Å²) >= 11 is 0. The van der Waals surface area contributed by atoms with Gasteiger partial charge in [-0.3, -0.25) is 4.79 Å². The third kappa shape index (κ3) is 4.07. The van der Waals surface area contributed by atoms with E-state index < -0.39 is 0 Å². The number of carbonyl (C=O) groups excluding carboxylic acids is 1. The molecule has 1 radical (unpaired) electrons. The van der Waals surface area contributed by atoms with Crippen molar-refractivity contribution < 1.29 is 4.79 Å². The van der Waals surface area contributed by atoms with Gasteiger partial charge in [0.1, 0.15) is 0 Å². The Bertz CT molecular complexity index is 125. The van der Waals surface area contributed by atoms with Crippen molar-refractivity contribution >= 4 is 6.29 Å². The fraction of sp³-hybridized carbons (Fsp3) is 0.444. The van der Waals surface area contributed by atoms with Crippen molar-refractivity contribution in [1.82, 2.24) is 0 Å². The predicted molar refractivity (Wildman–Crippen MR) is 43.4 cm³/mol.